The largest absolute Gasteiger partial charge is 0.319 e. The van der Waals surface area contributed by atoms with Crippen molar-refractivity contribution in [3.05, 3.63) is 95.8 Å². The number of hydrogen-bond acceptors (Lipinski definition) is 3. The first-order chi connectivity index (χ1) is 13.0. The second-order valence-electron chi connectivity index (χ2n) is 5.77. The maximum Gasteiger partial charge on any atom is 0.255 e. The maximum absolute atomic E-state index is 13.6. The lowest BCUT2D eigenvalue weighted by molar-refractivity contribution is 0.102. The Morgan fingerprint density at radius 3 is 2.15 bits per heavy atom. The van der Waals surface area contributed by atoms with Gasteiger partial charge in [0, 0.05) is 12.1 Å². The lowest BCUT2D eigenvalue weighted by atomic mass is 10.2. The molecule has 5 nitrogen and oxygen atoms in total. The maximum atomic E-state index is 13.6. The molecule has 2 N–H and O–H groups in total. The number of rotatable bonds is 6. The molecule has 7 heteroatoms. The summed E-state index contributed by atoms with van der Waals surface area (Å²) in [6, 6.07) is 20.4. The van der Waals surface area contributed by atoms with Crippen molar-refractivity contribution in [1.29, 1.82) is 0 Å². The van der Waals surface area contributed by atoms with Crippen molar-refractivity contribution in [2.45, 2.75) is 11.4 Å². The van der Waals surface area contributed by atoms with Crippen LogP contribution in [0.25, 0.3) is 0 Å². The summed E-state index contributed by atoms with van der Waals surface area (Å²) < 4.78 is 40.8. The van der Waals surface area contributed by atoms with E-state index in [1.54, 1.807) is 6.07 Å². The first kappa shape index (κ1) is 18.8. The average Bonchev–Trinajstić information content (AvgIpc) is 2.69. The van der Waals surface area contributed by atoms with Gasteiger partial charge in [-0.25, -0.2) is 17.5 Å². The number of carbonyl (C=O) groups is 1. The van der Waals surface area contributed by atoms with Crippen LogP contribution in [-0.4, -0.2) is 14.3 Å². The van der Waals surface area contributed by atoms with E-state index in [9.17, 15) is 17.6 Å². The molecule has 0 aliphatic heterocycles. The molecule has 0 heterocycles. The fourth-order valence-electron chi connectivity index (χ4n) is 2.40. The minimum absolute atomic E-state index is 0.0425. The fraction of sp³-hybridized carbons (Fsp3) is 0.0500. The standard InChI is InChI=1S/C20H17FN2O3S/c21-18-8-4-5-9-19(18)23-20(24)16-10-12-17(13-11-16)27(25,26)22-14-15-6-2-1-3-7-15/h1-13,22H,14H2,(H,23,24). The van der Waals surface area contributed by atoms with Crippen molar-refractivity contribution in [2.75, 3.05) is 5.32 Å². The highest BCUT2D eigenvalue weighted by Gasteiger charge is 2.15. The molecule has 0 saturated heterocycles. The summed E-state index contributed by atoms with van der Waals surface area (Å²) in [6.45, 7) is 0.165. The minimum Gasteiger partial charge on any atom is -0.319 e. The second-order valence-corrected chi connectivity index (χ2v) is 7.54. The van der Waals surface area contributed by atoms with Gasteiger partial charge in [0.15, 0.2) is 0 Å². The number of carbonyl (C=O) groups excluding carboxylic acids is 1. The Bertz CT molecular complexity index is 1040. The van der Waals surface area contributed by atoms with Crippen LogP contribution < -0.4 is 10.0 Å². The van der Waals surface area contributed by atoms with E-state index in [1.807, 2.05) is 30.3 Å². The van der Waals surface area contributed by atoms with Gasteiger partial charge in [0.1, 0.15) is 5.82 Å². The van der Waals surface area contributed by atoms with Gasteiger partial charge in [0.25, 0.3) is 5.91 Å². The number of sulfonamides is 1. The van der Waals surface area contributed by atoms with Crippen LogP contribution in [0, 0.1) is 5.82 Å². The Morgan fingerprint density at radius 1 is 0.852 bits per heavy atom. The van der Waals surface area contributed by atoms with Gasteiger partial charge < -0.3 is 5.32 Å². The highest BCUT2D eigenvalue weighted by molar-refractivity contribution is 7.89. The smallest absolute Gasteiger partial charge is 0.255 e. The van der Waals surface area contributed by atoms with Gasteiger partial charge in [-0.05, 0) is 42.0 Å². The molecule has 0 unspecified atom stereocenters. The van der Waals surface area contributed by atoms with Crippen molar-refractivity contribution < 1.29 is 17.6 Å². The van der Waals surface area contributed by atoms with Gasteiger partial charge in [-0.2, -0.15) is 0 Å². The molecule has 0 aliphatic carbocycles. The Labute approximate surface area is 156 Å². The van der Waals surface area contributed by atoms with Gasteiger partial charge in [0.05, 0.1) is 10.6 Å². The Balaban J connectivity index is 1.68. The molecule has 0 saturated carbocycles. The molecule has 0 atom stereocenters. The molecule has 3 aromatic carbocycles. The summed E-state index contributed by atoms with van der Waals surface area (Å²) in [4.78, 5) is 12.2. The summed E-state index contributed by atoms with van der Waals surface area (Å²) >= 11 is 0. The van der Waals surface area contributed by atoms with Crippen LogP contribution >= 0.6 is 0 Å². The molecule has 1 amide bonds. The molecular formula is C20H17FN2O3S. The van der Waals surface area contributed by atoms with Crippen LogP contribution in [0.1, 0.15) is 15.9 Å². The molecule has 0 bridgehead atoms. The van der Waals surface area contributed by atoms with Gasteiger partial charge in [-0.3, -0.25) is 4.79 Å². The SMILES string of the molecule is O=C(Nc1ccccc1F)c1ccc(S(=O)(=O)NCc2ccccc2)cc1. The Hall–Kier alpha value is -3.03. The van der Waals surface area contributed by atoms with Crippen molar-refractivity contribution >= 4 is 21.6 Å². The minimum atomic E-state index is -3.71. The summed E-state index contributed by atoms with van der Waals surface area (Å²) in [5, 5.41) is 2.45. The van der Waals surface area contributed by atoms with E-state index in [1.165, 1.54) is 42.5 Å². The third-order valence-electron chi connectivity index (χ3n) is 3.86. The lowest BCUT2D eigenvalue weighted by Crippen LogP contribution is -2.23. The Kier molecular flexibility index (Phi) is 5.63. The average molecular weight is 384 g/mol. The summed E-state index contributed by atoms with van der Waals surface area (Å²) in [5.74, 6) is -1.07. The van der Waals surface area contributed by atoms with Crippen LogP contribution in [0.2, 0.25) is 0 Å². The predicted molar refractivity (Wildman–Crippen MR) is 101 cm³/mol. The van der Waals surface area contributed by atoms with E-state index in [0.717, 1.165) is 5.56 Å². The predicted octanol–water partition coefficient (Wildman–Crippen LogP) is 3.56. The summed E-state index contributed by atoms with van der Waals surface area (Å²) in [5.41, 5.74) is 1.12. The van der Waals surface area contributed by atoms with Crippen molar-refractivity contribution in [1.82, 2.24) is 4.72 Å². The quantitative estimate of drug-likeness (QED) is 0.682. The monoisotopic (exact) mass is 384 g/mol. The lowest BCUT2D eigenvalue weighted by Gasteiger charge is -2.09. The number of para-hydroxylation sites is 1. The van der Waals surface area contributed by atoms with E-state index in [2.05, 4.69) is 10.0 Å². The zero-order chi connectivity index (χ0) is 19.3. The van der Waals surface area contributed by atoms with E-state index in [-0.39, 0.29) is 22.7 Å². The fourth-order valence-corrected chi connectivity index (χ4v) is 3.42. The molecule has 138 valence electrons. The first-order valence-corrected chi connectivity index (χ1v) is 9.63. The topological polar surface area (TPSA) is 75.3 Å². The van der Waals surface area contributed by atoms with Crippen LogP contribution in [0.5, 0.6) is 0 Å². The summed E-state index contributed by atoms with van der Waals surface area (Å²) in [6.07, 6.45) is 0. The number of hydrogen-bond donors (Lipinski definition) is 2. The van der Waals surface area contributed by atoms with Gasteiger partial charge in [0.2, 0.25) is 10.0 Å². The number of anilines is 1. The Morgan fingerprint density at radius 2 is 1.48 bits per heavy atom. The highest BCUT2D eigenvalue weighted by Crippen LogP contribution is 2.16. The molecule has 3 rings (SSSR count). The number of amides is 1. The van der Waals surface area contributed by atoms with Crippen LogP contribution in [-0.2, 0) is 16.6 Å². The van der Waals surface area contributed by atoms with Crippen LogP contribution in [0.15, 0.2) is 83.8 Å². The van der Waals surface area contributed by atoms with Crippen LogP contribution in [0.4, 0.5) is 10.1 Å². The molecule has 3 aromatic rings. The number of benzene rings is 3. The van der Waals surface area contributed by atoms with Crippen molar-refractivity contribution in [3.63, 3.8) is 0 Å². The normalized spacial score (nSPS) is 11.1. The van der Waals surface area contributed by atoms with E-state index in [0.29, 0.717) is 0 Å². The third-order valence-corrected chi connectivity index (χ3v) is 5.28. The first-order valence-electron chi connectivity index (χ1n) is 8.15. The van der Waals surface area contributed by atoms with Crippen molar-refractivity contribution in [3.8, 4) is 0 Å². The van der Waals surface area contributed by atoms with E-state index >= 15 is 0 Å². The molecule has 0 aliphatic rings. The summed E-state index contributed by atoms with van der Waals surface area (Å²) in [7, 11) is -3.71. The van der Waals surface area contributed by atoms with E-state index < -0.39 is 21.7 Å². The molecule has 0 radical (unpaired) electrons. The number of nitrogens with one attached hydrogen (secondary N) is 2. The van der Waals surface area contributed by atoms with Crippen LogP contribution in [0.3, 0.4) is 0 Å². The zero-order valence-corrected chi connectivity index (χ0v) is 15.0. The molecular weight excluding hydrogens is 367 g/mol. The highest BCUT2D eigenvalue weighted by atomic mass is 32.2. The van der Waals surface area contributed by atoms with E-state index in [4.69, 9.17) is 0 Å². The van der Waals surface area contributed by atoms with Gasteiger partial charge >= 0.3 is 0 Å². The molecule has 27 heavy (non-hydrogen) atoms. The zero-order valence-electron chi connectivity index (χ0n) is 14.2. The van der Waals surface area contributed by atoms with Gasteiger partial charge in [-0.1, -0.05) is 42.5 Å². The van der Waals surface area contributed by atoms with Gasteiger partial charge in [-0.15, -0.1) is 0 Å². The third kappa shape index (κ3) is 4.78. The van der Waals surface area contributed by atoms with Crippen molar-refractivity contribution in [2.24, 2.45) is 0 Å². The molecule has 0 fully saturated rings. The molecule has 0 spiro atoms. The second kappa shape index (κ2) is 8.11. The molecule has 0 aromatic heterocycles. The number of halogens is 1.